The number of rotatable bonds is 6. The standard InChI is InChI=1S/C17H19ClFN/c1-13(14-6-3-2-4-7-14)10-11-20-12-15-8-5-9-16(18)17(15)19/h2-9,13,20H,10-12H2,1H3. The first-order chi connectivity index (χ1) is 9.68. The molecule has 0 radical (unpaired) electrons. The second-order valence-corrected chi connectivity index (χ2v) is 5.40. The van der Waals surface area contributed by atoms with Gasteiger partial charge in [-0.2, -0.15) is 0 Å². The number of benzene rings is 2. The zero-order valence-corrected chi connectivity index (χ0v) is 12.3. The molecule has 2 rings (SSSR count). The summed E-state index contributed by atoms with van der Waals surface area (Å²) in [6, 6.07) is 15.5. The fourth-order valence-electron chi connectivity index (χ4n) is 2.17. The van der Waals surface area contributed by atoms with Crippen LogP contribution in [-0.4, -0.2) is 6.54 Å². The summed E-state index contributed by atoms with van der Waals surface area (Å²) < 4.78 is 13.7. The Kier molecular flexibility index (Phi) is 5.57. The molecule has 0 saturated heterocycles. The molecule has 20 heavy (non-hydrogen) atoms. The van der Waals surface area contributed by atoms with Gasteiger partial charge in [0.1, 0.15) is 5.82 Å². The lowest BCUT2D eigenvalue weighted by Gasteiger charge is -2.12. The molecule has 0 spiro atoms. The molecule has 0 bridgehead atoms. The molecule has 0 heterocycles. The van der Waals surface area contributed by atoms with Crippen LogP contribution >= 0.6 is 11.6 Å². The smallest absolute Gasteiger partial charge is 0.146 e. The molecule has 0 aromatic heterocycles. The third-order valence-corrected chi connectivity index (χ3v) is 3.76. The van der Waals surface area contributed by atoms with Crippen LogP contribution in [-0.2, 0) is 6.54 Å². The van der Waals surface area contributed by atoms with Crippen LogP contribution in [0.3, 0.4) is 0 Å². The summed E-state index contributed by atoms with van der Waals surface area (Å²) in [5.41, 5.74) is 1.95. The van der Waals surface area contributed by atoms with E-state index in [1.807, 2.05) is 6.07 Å². The highest BCUT2D eigenvalue weighted by atomic mass is 35.5. The van der Waals surface area contributed by atoms with Gasteiger partial charge in [-0.05, 0) is 30.5 Å². The maximum atomic E-state index is 13.7. The van der Waals surface area contributed by atoms with Gasteiger partial charge in [0.15, 0.2) is 0 Å². The van der Waals surface area contributed by atoms with Crippen molar-refractivity contribution in [3.05, 3.63) is 70.5 Å². The molecular formula is C17H19ClFN. The molecule has 1 atom stereocenters. The van der Waals surface area contributed by atoms with Crippen molar-refractivity contribution in [1.82, 2.24) is 5.32 Å². The van der Waals surface area contributed by atoms with Gasteiger partial charge in [-0.1, -0.05) is 61.0 Å². The minimum Gasteiger partial charge on any atom is -0.313 e. The number of halogens is 2. The number of hydrogen-bond acceptors (Lipinski definition) is 1. The summed E-state index contributed by atoms with van der Waals surface area (Å²) in [6.07, 6.45) is 1.02. The molecule has 2 aromatic rings. The zero-order chi connectivity index (χ0) is 14.4. The molecule has 1 N–H and O–H groups in total. The molecule has 1 unspecified atom stereocenters. The van der Waals surface area contributed by atoms with Gasteiger partial charge in [0, 0.05) is 12.1 Å². The van der Waals surface area contributed by atoms with Gasteiger partial charge in [0.05, 0.1) is 5.02 Å². The van der Waals surface area contributed by atoms with Crippen LogP contribution in [0, 0.1) is 5.82 Å². The van der Waals surface area contributed by atoms with Gasteiger partial charge in [0.25, 0.3) is 0 Å². The predicted octanol–water partition coefficient (Wildman–Crippen LogP) is 4.76. The molecular weight excluding hydrogens is 273 g/mol. The van der Waals surface area contributed by atoms with Crippen molar-refractivity contribution in [2.45, 2.75) is 25.8 Å². The van der Waals surface area contributed by atoms with Crippen molar-refractivity contribution < 1.29 is 4.39 Å². The molecule has 0 fully saturated rings. The van der Waals surface area contributed by atoms with Gasteiger partial charge < -0.3 is 5.32 Å². The summed E-state index contributed by atoms with van der Waals surface area (Å²) in [5.74, 6) is 0.172. The molecule has 1 nitrogen and oxygen atoms in total. The Hall–Kier alpha value is -1.38. The maximum absolute atomic E-state index is 13.7. The minimum atomic E-state index is -0.322. The van der Waals surface area contributed by atoms with Crippen LogP contribution in [0.4, 0.5) is 4.39 Å². The summed E-state index contributed by atoms with van der Waals surface area (Å²) in [6.45, 7) is 3.56. The summed E-state index contributed by atoms with van der Waals surface area (Å²) in [4.78, 5) is 0. The van der Waals surface area contributed by atoms with E-state index in [1.54, 1.807) is 18.2 Å². The highest BCUT2D eigenvalue weighted by Gasteiger charge is 2.07. The van der Waals surface area contributed by atoms with Crippen LogP contribution in [0.1, 0.15) is 30.4 Å². The second kappa shape index (κ2) is 7.41. The number of hydrogen-bond donors (Lipinski definition) is 1. The first kappa shape index (κ1) is 15.0. The van der Waals surface area contributed by atoms with Crippen molar-refractivity contribution in [3.8, 4) is 0 Å². The molecule has 0 saturated carbocycles. The Labute approximate surface area is 124 Å². The Balaban J connectivity index is 1.78. The average Bonchev–Trinajstić information content (AvgIpc) is 2.48. The maximum Gasteiger partial charge on any atom is 0.146 e. The van der Waals surface area contributed by atoms with Crippen molar-refractivity contribution in [2.24, 2.45) is 0 Å². The molecule has 3 heteroatoms. The van der Waals surface area contributed by atoms with Gasteiger partial charge >= 0.3 is 0 Å². The van der Waals surface area contributed by atoms with E-state index in [0.29, 0.717) is 18.0 Å². The van der Waals surface area contributed by atoms with Gasteiger partial charge in [-0.25, -0.2) is 4.39 Å². The molecule has 2 aromatic carbocycles. The Morgan fingerprint density at radius 2 is 1.85 bits per heavy atom. The third-order valence-electron chi connectivity index (χ3n) is 3.47. The summed E-state index contributed by atoms with van der Waals surface area (Å²) in [7, 11) is 0. The second-order valence-electron chi connectivity index (χ2n) is 4.99. The lowest BCUT2D eigenvalue weighted by atomic mass is 9.98. The van der Waals surface area contributed by atoms with Crippen molar-refractivity contribution >= 4 is 11.6 Å². The Morgan fingerprint density at radius 1 is 1.10 bits per heavy atom. The van der Waals surface area contributed by atoms with Gasteiger partial charge in [-0.15, -0.1) is 0 Å². The molecule has 0 aliphatic heterocycles. The van der Waals surface area contributed by atoms with E-state index in [1.165, 1.54) is 5.56 Å². The van der Waals surface area contributed by atoms with E-state index in [9.17, 15) is 4.39 Å². The van der Waals surface area contributed by atoms with E-state index in [-0.39, 0.29) is 10.8 Å². The molecule has 0 aliphatic carbocycles. The van der Waals surface area contributed by atoms with Gasteiger partial charge in [-0.3, -0.25) is 0 Å². The van der Waals surface area contributed by atoms with Crippen molar-refractivity contribution in [3.63, 3.8) is 0 Å². The van der Waals surface area contributed by atoms with Crippen LogP contribution in [0.15, 0.2) is 48.5 Å². The van der Waals surface area contributed by atoms with E-state index >= 15 is 0 Å². The number of nitrogens with one attached hydrogen (secondary N) is 1. The Morgan fingerprint density at radius 3 is 2.60 bits per heavy atom. The van der Waals surface area contributed by atoms with E-state index in [4.69, 9.17) is 11.6 Å². The third kappa shape index (κ3) is 4.06. The SMILES string of the molecule is CC(CCNCc1cccc(Cl)c1F)c1ccccc1. The fourth-order valence-corrected chi connectivity index (χ4v) is 2.37. The lowest BCUT2D eigenvalue weighted by molar-refractivity contribution is 0.564. The highest BCUT2D eigenvalue weighted by molar-refractivity contribution is 6.30. The fraction of sp³-hybridized carbons (Fsp3) is 0.294. The van der Waals surface area contributed by atoms with E-state index in [0.717, 1.165) is 13.0 Å². The van der Waals surface area contributed by atoms with Gasteiger partial charge in [0.2, 0.25) is 0 Å². The van der Waals surface area contributed by atoms with Crippen LogP contribution in [0.25, 0.3) is 0 Å². The first-order valence-electron chi connectivity index (χ1n) is 6.87. The summed E-state index contributed by atoms with van der Waals surface area (Å²) in [5, 5.41) is 3.45. The average molecular weight is 292 g/mol. The van der Waals surface area contributed by atoms with Crippen molar-refractivity contribution in [1.29, 1.82) is 0 Å². The van der Waals surface area contributed by atoms with Crippen LogP contribution < -0.4 is 5.32 Å². The minimum absolute atomic E-state index is 0.182. The topological polar surface area (TPSA) is 12.0 Å². The monoisotopic (exact) mass is 291 g/mol. The highest BCUT2D eigenvalue weighted by Crippen LogP contribution is 2.19. The molecule has 0 aliphatic rings. The lowest BCUT2D eigenvalue weighted by Crippen LogP contribution is -2.17. The first-order valence-corrected chi connectivity index (χ1v) is 7.25. The summed E-state index contributed by atoms with van der Waals surface area (Å²) >= 11 is 5.75. The van der Waals surface area contributed by atoms with Crippen LogP contribution in [0.5, 0.6) is 0 Å². The molecule has 106 valence electrons. The van der Waals surface area contributed by atoms with E-state index < -0.39 is 0 Å². The normalized spacial score (nSPS) is 12.3. The quantitative estimate of drug-likeness (QED) is 0.757. The largest absolute Gasteiger partial charge is 0.313 e. The van der Waals surface area contributed by atoms with Crippen LogP contribution in [0.2, 0.25) is 5.02 Å². The van der Waals surface area contributed by atoms with Crippen molar-refractivity contribution in [2.75, 3.05) is 6.54 Å². The van der Waals surface area contributed by atoms with E-state index in [2.05, 4.69) is 36.5 Å². The zero-order valence-electron chi connectivity index (χ0n) is 11.6. The predicted molar refractivity (Wildman–Crippen MR) is 82.6 cm³/mol. The Bertz CT molecular complexity index is 542. The molecule has 0 amide bonds.